The van der Waals surface area contributed by atoms with Gasteiger partial charge in [-0.2, -0.15) is 5.10 Å². The summed E-state index contributed by atoms with van der Waals surface area (Å²) in [7, 11) is 0. The van der Waals surface area contributed by atoms with Gasteiger partial charge in [-0.05, 0) is 25.8 Å². The van der Waals surface area contributed by atoms with Gasteiger partial charge < -0.3 is 14.9 Å². The molecule has 0 aromatic carbocycles. The lowest BCUT2D eigenvalue weighted by atomic mass is 9.94. The van der Waals surface area contributed by atoms with E-state index < -0.39 is 17.4 Å². The smallest absolute Gasteiger partial charge is 0.342 e. The van der Waals surface area contributed by atoms with Crippen LogP contribution in [0.3, 0.4) is 0 Å². The highest BCUT2D eigenvalue weighted by atomic mass is 16.5. The fourth-order valence-electron chi connectivity index (χ4n) is 1.32. The van der Waals surface area contributed by atoms with E-state index in [2.05, 4.69) is 5.10 Å². The average molecular weight is 296 g/mol. The molecule has 0 radical (unpaired) electrons. The van der Waals surface area contributed by atoms with Crippen molar-refractivity contribution in [2.45, 2.75) is 27.7 Å². The molecular weight excluding hydrogens is 276 g/mol. The molecule has 1 aromatic heterocycles. The minimum absolute atomic E-state index is 0.0616. The Kier molecular flexibility index (Phi) is 5.12. The Morgan fingerprint density at radius 2 is 2.05 bits per heavy atom. The molecule has 21 heavy (non-hydrogen) atoms. The van der Waals surface area contributed by atoms with Crippen molar-refractivity contribution < 1.29 is 24.5 Å². The summed E-state index contributed by atoms with van der Waals surface area (Å²) in [6, 6.07) is 0. The number of rotatable bonds is 7. The van der Waals surface area contributed by atoms with Crippen LogP contribution in [-0.4, -0.2) is 38.5 Å². The van der Waals surface area contributed by atoms with Gasteiger partial charge in [-0.3, -0.25) is 4.79 Å². The predicted molar refractivity (Wildman–Crippen MR) is 76.3 cm³/mol. The maximum absolute atomic E-state index is 11.1. The molecule has 0 bridgehead atoms. The zero-order valence-corrected chi connectivity index (χ0v) is 12.5. The van der Waals surface area contributed by atoms with E-state index in [4.69, 9.17) is 14.9 Å². The first kappa shape index (κ1) is 16.7. The van der Waals surface area contributed by atoms with Crippen LogP contribution in [0.2, 0.25) is 0 Å². The Labute approximate surface area is 122 Å². The highest BCUT2D eigenvalue weighted by Crippen LogP contribution is 2.22. The largest absolute Gasteiger partial charge is 0.481 e. The van der Waals surface area contributed by atoms with Crippen LogP contribution in [0.15, 0.2) is 12.3 Å². The minimum Gasteiger partial charge on any atom is -0.481 e. The Hall–Kier alpha value is -2.31. The molecule has 2 N–H and O–H groups in total. The van der Waals surface area contributed by atoms with Gasteiger partial charge in [0.2, 0.25) is 5.88 Å². The minimum atomic E-state index is -1.15. The lowest BCUT2D eigenvalue weighted by Crippen LogP contribution is -2.20. The second-order valence-corrected chi connectivity index (χ2v) is 5.66. The summed E-state index contributed by atoms with van der Waals surface area (Å²) in [5.74, 6) is -1.83. The Morgan fingerprint density at radius 3 is 2.52 bits per heavy atom. The number of hydrogen-bond acceptors (Lipinski definition) is 4. The number of aromatic nitrogens is 2. The Bertz CT molecular complexity index is 558. The van der Waals surface area contributed by atoms with Crippen LogP contribution in [0.4, 0.5) is 0 Å². The van der Waals surface area contributed by atoms with Crippen LogP contribution < -0.4 is 4.74 Å². The third-order valence-corrected chi connectivity index (χ3v) is 2.72. The van der Waals surface area contributed by atoms with Gasteiger partial charge in [-0.25, -0.2) is 9.48 Å². The van der Waals surface area contributed by atoms with Crippen molar-refractivity contribution in [3.05, 3.63) is 17.8 Å². The van der Waals surface area contributed by atoms with Crippen molar-refractivity contribution in [1.29, 1.82) is 0 Å². The van der Waals surface area contributed by atoms with Crippen molar-refractivity contribution in [2.75, 3.05) is 6.61 Å². The van der Waals surface area contributed by atoms with Crippen LogP contribution in [0.25, 0.3) is 6.20 Å². The summed E-state index contributed by atoms with van der Waals surface area (Å²) >= 11 is 0. The Morgan fingerprint density at radius 1 is 1.43 bits per heavy atom. The van der Waals surface area contributed by atoms with Crippen molar-refractivity contribution in [2.24, 2.45) is 11.3 Å². The second kappa shape index (κ2) is 6.43. The molecule has 0 aliphatic heterocycles. The number of aromatic carboxylic acids is 1. The third-order valence-electron chi connectivity index (χ3n) is 2.72. The molecule has 0 amide bonds. The fourth-order valence-corrected chi connectivity index (χ4v) is 1.32. The number of carboxylic acid groups (broad SMARTS) is 2. The highest BCUT2D eigenvalue weighted by molar-refractivity contribution is 5.90. The molecule has 0 saturated heterocycles. The molecule has 0 aliphatic rings. The molecule has 0 unspecified atom stereocenters. The monoisotopic (exact) mass is 296 g/mol. The van der Waals surface area contributed by atoms with Gasteiger partial charge in [0.1, 0.15) is 5.56 Å². The molecule has 1 rings (SSSR count). The molecular formula is C14H20N2O5. The number of ether oxygens (including phenoxy) is 1. The van der Waals surface area contributed by atoms with Gasteiger partial charge in [0.15, 0.2) is 0 Å². The molecule has 0 spiro atoms. The van der Waals surface area contributed by atoms with Gasteiger partial charge in [0.05, 0.1) is 18.2 Å². The van der Waals surface area contributed by atoms with E-state index in [-0.39, 0.29) is 17.4 Å². The number of nitrogens with zero attached hydrogens (tertiary/aromatic N) is 2. The molecule has 7 heteroatoms. The Balaban J connectivity index is 3.09. The van der Waals surface area contributed by atoms with Crippen molar-refractivity contribution in [3.8, 4) is 5.88 Å². The number of aliphatic carboxylic acids is 1. The van der Waals surface area contributed by atoms with Crippen molar-refractivity contribution >= 4 is 18.1 Å². The van der Waals surface area contributed by atoms with Crippen LogP contribution in [-0.2, 0) is 4.79 Å². The van der Waals surface area contributed by atoms with E-state index in [1.807, 2.05) is 13.8 Å². The topological polar surface area (TPSA) is 102 Å². The zero-order chi connectivity index (χ0) is 16.2. The average Bonchev–Trinajstić information content (AvgIpc) is 2.76. The van der Waals surface area contributed by atoms with Crippen LogP contribution in [0.1, 0.15) is 38.1 Å². The summed E-state index contributed by atoms with van der Waals surface area (Å²) in [4.78, 5) is 22.2. The SMILES string of the molecule is CC(C)COc1c(C(=O)O)cnn1/C=C/C(C)(C)C(=O)O. The predicted octanol–water partition coefficient (Wildman–Crippen LogP) is 2.20. The first-order valence-electron chi connectivity index (χ1n) is 6.51. The summed E-state index contributed by atoms with van der Waals surface area (Å²) in [6.07, 6.45) is 4.00. The lowest BCUT2D eigenvalue weighted by molar-refractivity contribution is -0.144. The van der Waals surface area contributed by atoms with Gasteiger partial charge in [0.25, 0.3) is 0 Å². The molecule has 116 valence electrons. The normalized spacial score (nSPS) is 12.0. The maximum atomic E-state index is 11.1. The lowest BCUT2D eigenvalue weighted by Gasteiger charge is -2.14. The van der Waals surface area contributed by atoms with E-state index in [0.717, 1.165) is 0 Å². The molecule has 0 fully saturated rings. The fraction of sp³-hybridized carbons (Fsp3) is 0.500. The molecule has 1 heterocycles. The highest BCUT2D eigenvalue weighted by Gasteiger charge is 2.24. The van der Waals surface area contributed by atoms with E-state index in [1.54, 1.807) is 0 Å². The third kappa shape index (κ3) is 4.34. The van der Waals surface area contributed by atoms with E-state index in [1.165, 1.54) is 37.0 Å². The number of hydrogen-bond donors (Lipinski definition) is 2. The van der Waals surface area contributed by atoms with Crippen molar-refractivity contribution in [3.63, 3.8) is 0 Å². The maximum Gasteiger partial charge on any atom is 0.342 e. The van der Waals surface area contributed by atoms with Crippen LogP contribution in [0.5, 0.6) is 5.88 Å². The summed E-state index contributed by atoms with van der Waals surface area (Å²) < 4.78 is 6.71. The molecule has 7 nitrogen and oxygen atoms in total. The second-order valence-electron chi connectivity index (χ2n) is 5.66. The van der Waals surface area contributed by atoms with Crippen LogP contribution >= 0.6 is 0 Å². The summed E-state index contributed by atoms with van der Waals surface area (Å²) in [5.41, 5.74) is -1.15. The zero-order valence-electron chi connectivity index (χ0n) is 12.5. The quantitative estimate of drug-likeness (QED) is 0.799. The van der Waals surface area contributed by atoms with E-state index in [0.29, 0.717) is 6.61 Å². The molecule has 0 atom stereocenters. The van der Waals surface area contributed by atoms with Crippen molar-refractivity contribution in [1.82, 2.24) is 9.78 Å². The number of carboxylic acids is 2. The molecule has 1 aromatic rings. The first-order chi connectivity index (χ1) is 9.65. The van der Waals surface area contributed by atoms with E-state index in [9.17, 15) is 9.59 Å². The summed E-state index contributed by atoms with van der Waals surface area (Å²) in [5, 5.41) is 22.1. The first-order valence-corrected chi connectivity index (χ1v) is 6.51. The summed E-state index contributed by atoms with van der Waals surface area (Å²) in [6.45, 7) is 7.27. The van der Waals surface area contributed by atoms with Crippen LogP contribution in [0, 0.1) is 11.3 Å². The van der Waals surface area contributed by atoms with Gasteiger partial charge in [0, 0.05) is 6.20 Å². The van der Waals surface area contributed by atoms with Gasteiger partial charge in [-0.15, -0.1) is 0 Å². The number of carbonyl (C=O) groups is 2. The standard InChI is InChI=1S/C14H20N2O5/c1-9(2)8-21-11-10(12(17)18)7-15-16(11)6-5-14(3,4)13(19)20/h5-7,9H,8H2,1-4H3,(H,17,18)(H,19,20)/b6-5+. The van der Waals surface area contributed by atoms with Gasteiger partial charge >= 0.3 is 11.9 Å². The van der Waals surface area contributed by atoms with Gasteiger partial charge in [-0.1, -0.05) is 13.8 Å². The molecule has 0 saturated carbocycles. The van der Waals surface area contributed by atoms with E-state index >= 15 is 0 Å². The molecule has 0 aliphatic carbocycles.